The van der Waals surface area contributed by atoms with Crippen LogP contribution < -0.4 is 32.4 Å². The van der Waals surface area contributed by atoms with Crippen molar-refractivity contribution in [2.45, 2.75) is 37.3 Å². The Labute approximate surface area is 334 Å². The van der Waals surface area contributed by atoms with Crippen LogP contribution in [0.4, 0.5) is 5.69 Å². The lowest BCUT2D eigenvalue weighted by Crippen LogP contribution is -2.63. The third-order valence-corrected chi connectivity index (χ3v) is 10.3. The molecule has 0 bridgehead atoms. The largest absolute Gasteiger partial charge is 0.508 e. The second kappa shape index (κ2) is 18.7. The molecule has 0 aromatic heterocycles. The van der Waals surface area contributed by atoms with E-state index in [-0.39, 0.29) is 53.0 Å². The molecule has 310 valence electrons. The summed E-state index contributed by atoms with van der Waals surface area (Å²) in [5, 5.41) is 69.3. The van der Waals surface area contributed by atoms with E-state index in [1.807, 2.05) is 0 Å². The van der Waals surface area contributed by atoms with Gasteiger partial charge in [-0.1, -0.05) is 6.07 Å². The van der Waals surface area contributed by atoms with Gasteiger partial charge in [0.25, 0.3) is 0 Å². The molecule has 1 aliphatic carbocycles. The van der Waals surface area contributed by atoms with Gasteiger partial charge in [0, 0.05) is 47.8 Å². The minimum Gasteiger partial charge on any atom is -0.508 e. The number of fused-ring (bicyclic) bond motifs is 2. The predicted octanol–water partition coefficient (Wildman–Crippen LogP) is 0.784. The average Bonchev–Trinajstić information content (AvgIpc) is 3.16. The fourth-order valence-corrected chi connectivity index (χ4v) is 7.44. The van der Waals surface area contributed by atoms with E-state index in [1.54, 1.807) is 24.3 Å². The van der Waals surface area contributed by atoms with Crippen molar-refractivity contribution in [2.24, 2.45) is 5.73 Å². The number of carbonyl (C=O) groups excluding carboxylic acids is 1. The number of aliphatic hydroxyl groups is 3. The summed E-state index contributed by atoms with van der Waals surface area (Å²) in [5.41, 5.74) is 6.24. The second-order valence-corrected chi connectivity index (χ2v) is 15.0. The highest BCUT2D eigenvalue weighted by atomic mass is 32.1. The lowest BCUT2D eigenvalue weighted by atomic mass is 9.90. The first-order valence-electron chi connectivity index (χ1n) is 17.4. The molecule has 20 nitrogen and oxygen atoms in total. The Hall–Kier alpha value is -5.64. The van der Waals surface area contributed by atoms with Crippen LogP contribution in [0, 0.1) is 5.41 Å². The van der Waals surface area contributed by atoms with Gasteiger partial charge in [-0.15, -0.1) is 0 Å². The summed E-state index contributed by atoms with van der Waals surface area (Å²) < 4.78 is 35.2. The van der Waals surface area contributed by atoms with Crippen LogP contribution in [-0.4, -0.2) is 117 Å². The van der Waals surface area contributed by atoms with Crippen molar-refractivity contribution in [1.29, 1.82) is 5.41 Å². The Balaban J connectivity index is 1.17. The number of guanidine groups is 1. The molecule has 0 saturated carbocycles. The van der Waals surface area contributed by atoms with Gasteiger partial charge in [0.15, 0.2) is 16.5 Å². The molecule has 2 aromatic rings. The van der Waals surface area contributed by atoms with Crippen LogP contribution in [-0.2, 0) is 23.4 Å². The third-order valence-electron chi connectivity index (χ3n) is 8.69. The molecule has 13 N–H and O–H groups in total. The lowest BCUT2D eigenvalue weighted by Gasteiger charge is -2.41. The number of phenolic OH excluding ortho intramolecular Hbond substituents is 1. The summed E-state index contributed by atoms with van der Waals surface area (Å²) in [4.78, 5) is 47.2. The van der Waals surface area contributed by atoms with E-state index >= 15 is 0 Å². The van der Waals surface area contributed by atoms with Crippen LogP contribution in [0.1, 0.15) is 17.3 Å². The number of amides is 1. The fraction of sp³-hybridized carbons (Fsp3) is 0.306. The molecule has 58 heavy (non-hydrogen) atoms. The Kier molecular flexibility index (Phi) is 14.1. The van der Waals surface area contributed by atoms with Crippen LogP contribution in [0.2, 0.25) is 0 Å². The van der Waals surface area contributed by atoms with Crippen molar-refractivity contribution in [3.8, 4) is 28.2 Å². The van der Waals surface area contributed by atoms with Crippen molar-refractivity contribution in [3.05, 3.63) is 82.0 Å². The van der Waals surface area contributed by atoms with Crippen LogP contribution in [0.5, 0.6) is 5.75 Å². The second-order valence-electron chi connectivity index (χ2n) is 12.9. The van der Waals surface area contributed by atoms with E-state index in [9.17, 15) is 49.4 Å². The zero-order valence-electron chi connectivity index (χ0n) is 30.6. The van der Waals surface area contributed by atoms with Crippen molar-refractivity contribution < 1.29 is 63.0 Å². The highest BCUT2D eigenvalue weighted by molar-refractivity contribution is 7.80. The number of hydrogen-bond donors (Lipinski definition) is 12. The summed E-state index contributed by atoms with van der Waals surface area (Å²) in [6.45, 7) is -0.175. The molecule has 0 fully saturated rings. The third kappa shape index (κ3) is 10.4. The summed E-state index contributed by atoms with van der Waals surface area (Å²) in [7, 11) is -4.77. The Morgan fingerprint density at radius 2 is 1.79 bits per heavy atom. The number of aromatic carboxylic acids is 1. The maximum absolute atomic E-state index is 13.2. The summed E-state index contributed by atoms with van der Waals surface area (Å²) in [5.74, 6) is -2.30. The van der Waals surface area contributed by atoms with Gasteiger partial charge in [-0.25, -0.2) is 4.79 Å². The number of carboxylic acid groups (broad SMARTS) is 1. The van der Waals surface area contributed by atoms with Gasteiger partial charge in [0.2, 0.25) is 11.4 Å². The minimum absolute atomic E-state index is 0.0373. The number of anilines is 1. The van der Waals surface area contributed by atoms with Gasteiger partial charge in [-0.05, 0) is 60.3 Å². The summed E-state index contributed by atoms with van der Waals surface area (Å²) in [6, 6.07) is 10.8. The molecule has 1 amide bonds. The molecule has 2 heterocycles. The smallest absolute Gasteiger partial charge is 0.392 e. The van der Waals surface area contributed by atoms with E-state index in [0.29, 0.717) is 27.8 Å². The number of nitrogens with one attached hydrogen (secondary N) is 5. The van der Waals surface area contributed by atoms with Gasteiger partial charge >= 0.3 is 13.6 Å². The van der Waals surface area contributed by atoms with Gasteiger partial charge in [0.05, 0.1) is 44.1 Å². The maximum Gasteiger partial charge on any atom is 0.392 e. The molecule has 2 aromatic carbocycles. The molecule has 0 spiro atoms. The molecule has 2 aliphatic heterocycles. The molecule has 6 atom stereocenters. The van der Waals surface area contributed by atoms with Crippen molar-refractivity contribution in [2.75, 3.05) is 38.3 Å². The highest BCUT2D eigenvalue weighted by Crippen LogP contribution is 2.53. The average molecular weight is 845 g/mol. The van der Waals surface area contributed by atoms with Crippen molar-refractivity contribution >= 4 is 59.4 Å². The number of phenols is 1. The monoisotopic (exact) mass is 844 g/mol. The molecular formula is C36H41N6O14PS. The summed E-state index contributed by atoms with van der Waals surface area (Å²) >= 11 is 5.36. The standard InChI is InChI=1S/C36H41N6O14PS/c1-17(44)40-31-25(42-35(37)38)15-29(56-33(31)32(48)26(47)16-43)57(51,52)54-11-10-53-9-8-39-36(58)41-18-2-5-21(24(12-18)34(49)50)30-22-6-3-19(45)13-27(22)55-28-14-20(46)4-7-23(28)30/h2-7,12-15,25-26,31-33,43,45,47-48H,8-11,16H2,1H3,(H,40,44)(H,49,50)(H,51,52)(H4,37,38,42)(H2,39,41,58)/t25-,26+,31+,32+,33+/m0/s1. The van der Waals surface area contributed by atoms with E-state index in [4.69, 9.17) is 41.8 Å². The van der Waals surface area contributed by atoms with Gasteiger partial charge in [-0.2, -0.15) is 0 Å². The number of aromatic hydroxyl groups is 1. The Morgan fingerprint density at radius 1 is 1.05 bits per heavy atom. The summed E-state index contributed by atoms with van der Waals surface area (Å²) in [6.07, 6.45) is -4.18. The zero-order chi connectivity index (χ0) is 42.3. The Morgan fingerprint density at radius 3 is 2.48 bits per heavy atom. The van der Waals surface area contributed by atoms with Crippen LogP contribution in [0.25, 0.3) is 33.4 Å². The molecule has 0 radical (unpaired) electrons. The molecule has 3 aliphatic rings. The van der Waals surface area contributed by atoms with Gasteiger partial charge < -0.3 is 75.8 Å². The van der Waals surface area contributed by atoms with Gasteiger partial charge in [0.1, 0.15) is 35.4 Å². The molecule has 0 saturated heterocycles. The number of thiocarbonyl (C=S) groups is 1. The quantitative estimate of drug-likeness (QED) is 0.0185. The minimum atomic E-state index is -4.77. The van der Waals surface area contributed by atoms with E-state index < -0.39 is 74.5 Å². The number of ether oxygens (including phenoxy) is 2. The molecule has 5 rings (SSSR count). The van der Waals surface area contributed by atoms with Crippen LogP contribution in [0.3, 0.4) is 0 Å². The number of aliphatic hydroxyl groups excluding tert-OH is 3. The number of nitrogens with two attached hydrogens (primary N) is 1. The number of rotatable bonds is 16. The number of carboxylic acids is 1. The lowest BCUT2D eigenvalue weighted by molar-refractivity contribution is -0.126. The first-order valence-corrected chi connectivity index (χ1v) is 19.4. The maximum atomic E-state index is 13.2. The van der Waals surface area contributed by atoms with Crippen LogP contribution >= 0.6 is 19.8 Å². The highest BCUT2D eigenvalue weighted by Gasteiger charge is 2.46. The molecule has 22 heteroatoms. The van der Waals surface area contributed by atoms with Crippen molar-refractivity contribution in [3.63, 3.8) is 0 Å². The first kappa shape index (κ1) is 43.5. The van der Waals surface area contributed by atoms with Gasteiger partial charge in [-0.3, -0.25) is 19.6 Å². The number of carbonyl (C=O) groups is 2. The number of benzene rings is 3. The van der Waals surface area contributed by atoms with Crippen LogP contribution in [0.15, 0.2) is 75.4 Å². The van der Waals surface area contributed by atoms with E-state index in [1.165, 1.54) is 30.3 Å². The zero-order valence-corrected chi connectivity index (χ0v) is 32.3. The SMILES string of the molecule is CC(=O)N[C@H]1[C@H]([C@H](O)[C@H](O)CO)OC(P(=O)(O)OCCOCCNC(=S)Nc2ccc(-c3c4ccc(=O)cc-4oc4cc(O)ccc34)c(C(=O)O)c2)=C[C@@H]1NC(=N)N. The molecule has 1 unspecified atom stereocenters. The Bertz CT molecular complexity index is 2310. The predicted molar refractivity (Wildman–Crippen MR) is 212 cm³/mol. The van der Waals surface area contributed by atoms with E-state index in [0.717, 1.165) is 13.0 Å². The van der Waals surface area contributed by atoms with Crippen molar-refractivity contribution in [1.82, 2.24) is 16.0 Å². The normalized spacial score (nSPS) is 18.6. The van der Waals surface area contributed by atoms with E-state index in [2.05, 4.69) is 21.3 Å². The molecular weight excluding hydrogens is 803 g/mol. The topological polar surface area (TPSA) is 328 Å². The first-order chi connectivity index (χ1) is 27.5. The number of hydrogen-bond acceptors (Lipinski definition) is 14. The fourth-order valence-electron chi connectivity index (χ4n) is 6.17.